The molecule has 0 heterocycles. The van der Waals surface area contributed by atoms with Gasteiger partial charge < -0.3 is 5.32 Å². The van der Waals surface area contributed by atoms with Crippen molar-refractivity contribution in [1.29, 1.82) is 0 Å². The first kappa shape index (κ1) is 13.8. The largest absolute Gasteiger partial charge is 0.391 e. The maximum Gasteiger partial charge on any atom is 0.391 e. The zero-order valence-electron chi connectivity index (χ0n) is 10.1. The molecule has 0 amide bonds. The molecule has 16 heavy (non-hydrogen) atoms. The van der Waals surface area contributed by atoms with Crippen LogP contribution in [0.3, 0.4) is 0 Å². The zero-order chi connectivity index (χ0) is 12.2. The van der Waals surface area contributed by atoms with Crippen LogP contribution in [-0.4, -0.2) is 18.8 Å². The first-order valence-electron chi connectivity index (χ1n) is 6.19. The molecule has 0 aromatic heterocycles. The van der Waals surface area contributed by atoms with Gasteiger partial charge in [0, 0.05) is 6.04 Å². The van der Waals surface area contributed by atoms with E-state index in [0.29, 0.717) is 37.6 Å². The summed E-state index contributed by atoms with van der Waals surface area (Å²) < 4.78 is 37.2. The zero-order valence-corrected chi connectivity index (χ0v) is 10.1. The summed E-state index contributed by atoms with van der Waals surface area (Å²) in [6, 6.07) is 0.303. The van der Waals surface area contributed by atoms with Crippen molar-refractivity contribution >= 4 is 0 Å². The summed E-state index contributed by atoms with van der Waals surface area (Å²) in [5.41, 5.74) is 0. The van der Waals surface area contributed by atoms with Crippen LogP contribution < -0.4 is 5.32 Å². The molecule has 0 radical (unpaired) electrons. The van der Waals surface area contributed by atoms with Gasteiger partial charge in [0.25, 0.3) is 0 Å². The van der Waals surface area contributed by atoms with Gasteiger partial charge in [0.1, 0.15) is 0 Å². The Morgan fingerprint density at radius 3 is 2.12 bits per heavy atom. The van der Waals surface area contributed by atoms with Crippen LogP contribution in [0.1, 0.15) is 46.0 Å². The van der Waals surface area contributed by atoms with Crippen molar-refractivity contribution < 1.29 is 13.2 Å². The van der Waals surface area contributed by atoms with E-state index in [9.17, 15) is 13.2 Å². The Kier molecular flexibility index (Phi) is 5.09. The quantitative estimate of drug-likeness (QED) is 0.785. The minimum absolute atomic E-state index is 0.294. The lowest BCUT2D eigenvalue weighted by Gasteiger charge is -2.30. The van der Waals surface area contributed by atoms with E-state index in [1.165, 1.54) is 0 Å². The maximum atomic E-state index is 12.4. The molecule has 0 atom stereocenters. The summed E-state index contributed by atoms with van der Waals surface area (Å²) in [4.78, 5) is 0. The molecule has 1 N–H and O–H groups in total. The van der Waals surface area contributed by atoms with Crippen molar-refractivity contribution in [3.05, 3.63) is 0 Å². The molecule has 1 rings (SSSR count). The minimum atomic E-state index is -3.98. The van der Waals surface area contributed by atoms with Gasteiger partial charge in [-0.3, -0.25) is 0 Å². The topological polar surface area (TPSA) is 12.0 Å². The van der Waals surface area contributed by atoms with Gasteiger partial charge in [-0.25, -0.2) is 0 Å². The second-order valence-corrected chi connectivity index (χ2v) is 5.23. The Morgan fingerprint density at radius 1 is 1.12 bits per heavy atom. The lowest BCUT2D eigenvalue weighted by Crippen LogP contribution is -2.37. The molecule has 96 valence electrons. The van der Waals surface area contributed by atoms with Gasteiger partial charge in [-0.1, -0.05) is 13.8 Å². The van der Waals surface area contributed by atoms with Crippen molar-refractivity contribution in [2.75, 3.05) is 6.54 Å². The lowest BCUT2D eigenvalue weighted by atomic mass is 9.85. The number of hydrogen-bond acceptors (Lipinski definition) is 1. The van der Waals surface area contributed by atoms with Crippen LogP contribution in [0.25, 0.3) is 0 Å². The van der Waals surface area contributed by atoms with E-state index in [1.54, 1.807) is 0 Å². The van der Waals surface area contributed by atoms with Crippen LogP contribution in [0.2, 0.25) is 0 Å². The number of rotatable bonds is 4. The summed E-state index contributed by atoms with van der Waals surface area (Å²) in [5, 5.41) is 3.36. The summed E-state index contributed by atoms with van der Waals surface area (Å²) in [6.07, 6.45) is -0.960. The van der Waals surface area contributed by atoms with E-state index in [2.05, 4.69) is 19.2 Å². The fourth-order valence-corrected chi connectivity index (χ4v) is 2.20. The molecular formula is C12H22F3N. The fraction of sp³-hybridized carbons (Fsp3) is 1.00. The van der Waals surface area contributed by atoms with E-state index in [0.717, 1.165) is 13.0 Å². The van der Waals surface area contributed by atoms with Gasteiger partial charge in [-0.2, -0.15) is 13.2 Å². The van der Waals surface area contributed by atoms with Gasteiger partial charge in [-0.15, -0.1) is 0 Å². The Bertz CT molecular complexity index is 193. The lowest BCUT2D eigenvalue weighted by molar-refractivity contribution is -0.182. The molecule has 0 spiro atoms. The number of nitrogens with one attached hydrogen (secondary N) is 1. The molecule has 1 aliphatic carbocycles. The molecule has 1 nitrogen and oxygen atoms in total. The van der Waals surface area contributed by atoms with Crippen LogP contribution in [0, 0.1) is 11.8 Å². The Morgan fingerprint density at radius 2 is 1.69 bits per heavy atom. The molecule has 0 aromatic rings. The van der Waals surface area contributed by atoms with Crippen molar-refractivity contribution in [2.24, 2.45) is 11.8 Å². The summed E-state index contributed by atoms with van der Waals surface area (Å²) in [7, 11) is 0. The summed E-state index contributed by atoms with van der Waals surface area (Å²) >= 11 is 0. The minimum Gasteiger partial charge on any atom is -0.314 e. The molecule has 4 heteroatoms. The third-order valence-corrected chi connectivity index (χ3v) is 3.34. The monoisotopic (exact) mass is 237 g/mol. The number of hydrogen-bond donors (Lipinski definition) is 1. The average Bonchev–Trinajstić information content (AvgIpc) is 2.16. The molecule has 0 aromatic carbocycles. The van der Waals surface area contributed by atoms with Crippen LogP contribution in [0.4, 0.5) is 13.2 Å². The molecule has 1 aliphatic rings. The second kappa shape index (κ2) is 5.89. The van der Waals surface area contributed by atoms with E-state index >= 15 is 0 Å². The van der Waals surface area contributed by atoms with Gasteiger partial charge in [0.15, 0.2) is 0 Å². The molecular weight excluding hydrogens is 215 g/mol. The van der Waals surface area contributed by atoms with E-state index in [-0.39, 0.29) is 0 Å². The molecule has 0 saturated heterocycles. The van der Waals surface area contributed by atoms with Crippen LogP contribution in [0.15, 0.2) is 0 Å². The van der Waals surface area contributed by atoms with Crippen molar-refractivity contribution in [1.82, 2.24) is 5.32 Å². The first-order chi connectivity index (χ1) is 7.39. The third-order valence-electron chi connectivity index (χ3n) is 3.34. The van der Waals surface area contributed by atoms with Gasteiger partial charge >= 0.3 is 6.18 Å². The summed E-state index contributed by atoms with van der Waals surface area (Å²) in [6.45, 7) is 5.24. The van der Waals surface area contributed by atoms with Crippen LogP contribution in [0.5, 0.6) is 0 Å². The second-order valence-electron chi connectivity index (χ2n) is 5.23. The van der Waals surface area contributed by atoms with Gasteiger partial charge in [0.05, 0.1) is 5.92 Å². The van der Waals surface area contributed by atoms with Crippen molar-refractivity contribution in [3.63, 3.8) is 0 Å². The van der Waals surface area contributed by atoms with E-state index in [1.807, 2.05) is 0 Å². The Hall–Kier alpha value is -0.250. The molecule has 0 unspecified atom stereocenters. The molecule has 0 aliphatic heterocycles. The number of halogens is 3. The average molecular weight is 237 g/mol. The molecule has 1 saturated carbocycles. The Balaban J connectivity index is 2.17. The van der Waals surface area contributed by atoms with Gasteiger partial charge in [0.2, 0.25) is 0 Å². The molecule has 0 bridgehead atoms. The smallest absolute Gasteiger partial charge is 0.314 e. The highest BCUT2D eigenvalue weighted by Gasteiger charge is 2.41. The molecule has 1 fully saturated rings. The Labute approximate surface area is 95.8 Å². The predicted octanol–water partition coefficient (Wildman–Crippen LogP) is 3.74. The first-order valence-corrected chi connectivity index (χ1v) is 6.19. The number of alkyl halides is 3. The fourth-order valence-electron chi connectivity index (χ4n) is 2.20. The van der Waals surface area contributed by atoms with Crippen LogP contribution >= 0.6 is 0 Å². The third kappa shape index (κ3) is 4.73. The van der Waals surface area contributed by atoms with E-state index in [4.69, 9.17) is 0 Å². The SMILES string of the molecule is CC(C)CCNC1CCC(C(F)(F)F)CC1. The maximum absolute atomic E-state index is 12.4. The summed E-state index contributed by atoms with van der Waals surface area (Å²) in [5.74, 6) is -0.408. The van der Waals surface area contributed by atoms with Crippen molar-refractivity contribution in [2.45, 2.75) is 58.2 Å². The highest BCUT2D eigenvalue weighted by atomic mass is 19.4. The highest BCUT2D eigenvalue weighted by Crippen LogP contribution is 2.37. The predicted molar refractivity (Wildman–Crippen MR) is 59.3 cm³/mol. The van der Waals surface area contributed by atoms with Crippen LogP contribution in [-0.2, 0) is 0 Å². The van der Waals surface area contributed by atoms with Crippen molar-refractivity contribution in [3.8, 4) is 0 Å². The van der Waals surface area contributed by atoms with E-state index < -0.39 is 12.1 Å². The van der Waals surface area contributed by atoms with Gasteiger partial charge in [-0.05, 0) is 44.6 Å². The standard InChI is InChI=1S/C12H22F3N/c1-9(2)7-8-16-11-5-3-10(4-6-11)12(13,14)15/h9-11,16H,3-8H2,1-2H3. The normalized spacial score (nSPS) is 27.4. The highest BCUT2D eigenvalue weighted by molar-refractivity contribution is 4.80.